The second-order valence-electron chi connectivity index (χ2n) is 5.91. The first-order chi connectivity index (χ1) is 11.1. The highest BCUT2D eigenvalue weighted by molar-refractivity contribution is 6.35. The largest absolute Gasteiger partial charge is 0.459 e. The van der Waals surface area contributed by atoms with Crippen LogP contribution in [-0.4, -0.2) is 23.7 Å². The second-order valence-corrected chi connectivity index (χ2v) is 6.73. The van der Waals surface area contributed by atoms with Gasteiger partial charge < -0.3 is 14.8 Å². The molecule has 0 fully saturated rings. The third-order valence-corrected chi connectivity index (χ3v) is 3.43. The van der Waals surface area contributed by atoms with Crippen LogP contribution in [0, 0.1) is 12.3 Å². The molecule has 5 nitrogen and oxygen atoms in total. The molecule has 0 saturated heterocycles. The number of halogens is 2. The van der Waals surface area contributed by atoms with Gasteiger partial charge in [-0.05, 0) is 32.9 Å². The Hall–Kier alpha value is -1.90. The van der Waals surface area contributed by atoms with Crippen LogP contribution in [0.5, 0.6) is 0 Å². The fourth-order valence-corrected chi connectivity index (χ4v) is 2.18. The predicted molar refractivity (Wildman–Crippen MR) is 92.9 cm³/mol. The lowest BCUT2D eigenvalue weighted by atomic mass is 10.2. The Labute approximate surface area is 151 Å². The van der Waals surface area contributed by atoms with Crippen LogP contribution in [0.2, 0.25) is 10.0 Å². The van der Waals surface area contributed by atoms with Crippen molar-refractivity contribution in [3.8, 4) is 12.3 Å². The Morgan fingerprint density at radius 1 is 1.29 bits per heavy atom. The zero-order valence-electron chi connectivity index (χ0n) is 13.7. The van der Waals surface area contributed by atoms with Gasteiger partial charge in [-0.2, -0.15) is 0 Å². The topological polar surface area (TPSA) is 64.6 Å². The fourth-order valence-electron chi connectivity index (χ4n) is 1.68. The van der Waals surface area contributed by atoms with Crippen LogP contribution in [0.15, 0.2) is 18.2 Å². The molecule has 0 bridgehead atoms. The summed E-state index contributed by atoms with van der Waals surface area (Å²) < 4.78 is 10.3. The van der Waals surface area contributed by atoms with E-state index in [0.29, 0.717) is 15.6 Å². The lowest BCUT2D eigenvalue weighted by Crippen LogP contribution is -2.44. The Morgan fingerprint density at radius 3 is 2.38 bits per heavy atom. The number of carbonyl (C=O) groups excluding carboxylic acids is 2. The number of rotatable bonds is 5. The summed E-state index contributed by atoms with van der Waals surface area (Å²) >= 11 is 12.0. The van der Waals surface area contributed by atoms with Gasteiger partial charge in [-0.25, -0.2) is 9.59 Å². The van der Waals surface area contributed by atoms with Crippen LogP contribution >= 0.6 is 23.2 Å². The number of amides is 1. The summed E-state index contributed by atoms with van der Waals surface area (Å²) in [6.07, 6.45) is 4.45. The van der Waals surface area contributed by atoms with Crippen molar-refractivity contribution in [1.29, 1.82) is 0 Å². The van der Waals surface area contributed by atoms with Crippen molar-refractivity contribution in [3.05, 3.63) is 33.8 Å². The molecule has 0 aliphatic carbocycles. The standard InChI is InChI=1S/C17H19Cl2NO4/c1-5-7-14(20-16(22)24-17(2,3)4)15(21)23-10-11-12(18)8-6-9-13(11)19/h1,6,8-9,14H,7,10H2,2-4H3,(H,20,22). The molecule has 1 N–H and O–H groups in total. The molecule has 24 heavy (non-hydrogen) atoms. The summed E-state index contributed by atoms with van der Waals surface area (Å²) in [5.74, 6) is 1.62. The zero-order chi connectivity index (χ0) is 18.3. The van der Waals surface area contributed by atoms with Crippen LogP contribution in [-0.2, 0) is 20.9 Å². The van der Waals surface area contributed by atoms with E-state index in [-0.39, 0.29) is 13.0 Å². The summed E-state index contributed by atoms with van der Waals surface area (Å²) in [6.45, 7) is 5.00. The molecule has 0 saturated carbocycles. The minimum absolute atomic E-state index is 0.0334. The molecule has 1 amide bonds. The third-order valence-electron chi connectivity index (χ3n) is 2.72. The molecule has 7 heteroatoms. The molecule has 130 valence electrons. The predicted octanol–water partition coefficient (Wildman–Crippen LogP) is 3.95. The van der Waals surface area contributed by atoms with Crippen molar-refractivity contribution < 1.29 is 19.1 Å². The molecular weight excluding hydrogens is 353 g/mol. The molecule has 1 rings (SSSR count). The van der Waals surface area contributed by atoms with Gasteiger partial charge in [0.25, 0.3) is 0 Å². The molecule has 0 radical (unpaired) electrons. The van der Waals surface area contributed by atoms with E-state index in [1.54, 1.807) is 39.0 Å². The average Bonchev–Trinajstić information content (AvgIpc) is 2.44. The molecule has 1 atom stereocenters. The van der Waals surface area contributed by atoms with E-state index in [4.69, 9.17) is 39.1 Å². The quantitative estimate of drug-likeness (QED) is 0.628. The number of nitrogens with one attached hydrogen (secondary N) is 1. The summed E-state index contributed by atoms with van der Waals surface area (Å²) in [4.78, 5) is 23.9. The highest BCUT2D eigenvalue weighted by Gasteiger charge is 2.25. The summed E-state index contributed by atoms with van der Waals surface area (Å²) in [6, 6.07) is 3.93. The third kappa shape index (κ3) is 6.69. The SMILES string of the molecule is C#CCC(NC(=O)OC(C)(C)C)C(=O)OCc1c(Cl)cccc1Cl. The maximum absolute atomic E-state index is 12.2. The number of ether oxygens (including phenoxy) is 2. The van der Waals surface area contributed by atoms with Crippen molar-refractivity contribution in [2.24, 2.45) is 0 Å². The number of alkyl carbamates (subject to hydrolysis) is 1. The molecule has 0 spiro atoms. The van der Waals surface area contributed by atoms with E-state index in [0.717, 1.165) is 0 Å². The minimum atomic E-state index is -1.02. The minimum Gasteiger partial charge on any atom is -0.459 e. The number of esters is 1. The number of benzene rings is 1. The first-order valence-corrected chi connectivity index (χ1v) is 7.92. The molecule has 0 aliphatic rings. The van der Waals surface area contributed by atoms with Gasteiger partial charge in [0.05, 0.1) is 0 Å². The molecule has 1 unspecified atom stereocenters. The van der Waals surface area contributed by atoms with E-state index in [1.165, 1.54) is 0 Å². The van der Waals surface area contributed by atoms with Crippen LogP contribution < -0.4 is 5.32 Å². The van der Waals surface area contributed by atoms with E-state index >= 15 is 0 Å². The van der Waals surface area contributed by atoms with E-state index < -0.39 is 23.7 Å². The molecule has 1 aromatic carbocycles. The van der Waals surface area contributed by atoms with Crippen LogP contribution in [0.1, 0.15) is 32.8 Å². The van der Waals surface area contributed by atoms with Crippen LogP contribution in [0.3, 0.4) is 0 Å². The zero-order valence-corrected chi connectivity index (χ0v) is 15.2. The Kier molecular flexibility index (Phi) is 7.40. The second kappa shape index (κ2) is 8.81. The first kappa shape index (κ1) is 20.1. The summed E-state index contributed by atoms with van der Waals surface area (Å²) in [5, 5.41) is 3.15. The lowest BCUT2D eigenvalue weighted by Gasteiger charge is -2.22. The van der Waals surface area contributed by atoms with Gasteiger partial charge in [-0.1, -0.05) is 29.3 Å². The van der Waals surface area contributed by atoms with Gasteiger partial charge >= 0.3 is 12.1 Å². The van der Waals surface area contributed by atoms with Crippen molar-refractivity contribution in [3.63, 3.8) is 0 Å². The molecule has 1 aromatic rings. The first-order valence-electron chi connectivity index (χ1n) is 7.16. The molecule has 0 heterocycles. The molecule has 0 aromatic heterocycles. The summed E-state index contributed by atoms with van der Waals surface area (Å²) in [5.41, 5.74) is -0.217. The highest BCUT2D eigenvalue weighted by atomic mass is 35.5. The van der Waals surface area contributed by atoms with Crippen molar-refractivity contribution in [1.82, 2.24) is 5.32 Å². The van der Waals surface area contributed by atoms with Gasteiger partial charge in [0.2, 0.25) is 0 Å². The maximum Gasteiger partial charge on any atom is 0.408 e. The van der Waals surface area contributed by atoms with Crippen molar-refractivity contribution in [2.45, 2.75) is 45.4 Å². The monoisotopic (exact) mass is 371 g/mol. The smallest absolute Gasteiger partial charge is 0.408 e. The Balaban J connectivity index is 2.70. The van der Waals surface area contributed by atoms with Crippen molar-refractivity contribution in [2.75, 3.05) is 0 Å². The van der Waals surface area contributed by atoms with Gasteiger partial charge in [-0.15, -0.1) is 12.3 Å². The van der Waals surface area contributed by atoms with Crippen LogP contribution in [0.4, 0.5) is 4.79 Å². The van der Waals surface area contributed by atoms with E-state index in [2.05, 4.69) is 11.2 Å². The fraction of sp³-hybridized carbons (Fsp3) is 0.412. The van der Waals surface area contributed by atoms with E-state index in [9.17, 15) is 9.59 Å². The Morgan fingerprint density at radius 2 is 1.88 bits per heavy atom. The molecule has 0 aliphatic heterocycles. The van der Waals surface area contributed by atoms with E-state index in [1.807, 2.05) is 0 Å². The number of hydrogen-bond donors (Lipinski definition) is 1. The number of terminal acetylenes is 1. The maximum atomic E-state index is 12.2. The van der Waals surface area contributed by atoms with Gasteiger partial charge in [0, 0.05) is 22.0 Å². The Bertz CT molecular complexity index is 627. The lowest BCUT2D eigenvalue weighted by molar-refractivity contribution is -0.147. The molecular formula is C17H19Cl2NO4. The van der Waals surface area contributed by atoms with Crippen LogP contribution in [0.25, 0.3) is 0 Å². The number of carbonyl (C=O) groups is 2. The normalized spacial score (nSPS) is 12.0. The summed E-state index contributed by atoms with van der Waals surface area (Å²) in [7, 11) is 0. The number of hydrogen-bond acceptors (Lipinski definition) is 4. The van der Waals surface area contributed by atoms with Gasteiger partial charge in [0.15, 0.2) is 0 Å². The van der Waals surface area contributed by atoms with Gasteiger partial charge in [0.1, 0.15) is 18.2 Å². The highest BCUT2D eigenvalue weighted by Crippen LogP contribution is 2.25. The van der Waals surface area contributed by atoms with Gasteiger partial charge in [-0.3, -0.25) is 0 Å². The average molecular weight is 372 g/mol. The van der Waals surface area contributed by atoms with Crippen molar-refractivity contribution >= 4 is 35.3 Å².